The van der Waals surface area contributed by atoms with Crippen LogP contribution in [0.25, 0.3) is 0 Å². The van der Waals surface area contributed by atoms with Crippen molar-refractivity contribution >= 4 is 35.1 Å². The molecule has 2 amide bonds. The van der Waals surface area contributed by atoms with E-state index in [1.165, 1.54) is 0 Å². The molecule has 1 unspecified atom stereocenters. The van der Waals surface area contributed by atoms with Crippen LogP contribution in [0.4, 0.5) is 0 Å². The predicted octanol–water partition coefficient (Wildman–Crippen LogP) is 5.57. The summed E-state index contributed by atoms with van der Waals surface area (Å²) in [6.45, 7) is 20.0. The highest BCUT2D eigenvalue weighted by Crippen LogP contribution is 2.15. The average molecular weight is 501 g/mol. The number of ketones is 2. The molecule has 0 aliphatic carbocycles. The molecule has 0 saturated carbocycles. The zero-order valence-corrected chi connectivity index (χ0v) is 24.3. The lowest BCUT2D eigenvalue weighted by Crippen LogP contribution is -2.40. The molecular weight excluding hydrogens is 448 g/mol. The van der Waals surface area contributed by atoms with Crippen molar-refractivity contribution in [3.8, 4) is 0 Å². The van der Waals surface area contributed by atoms with Gasteiger partial charge in [0, 0.05) is 55.4 Å². The van der Waals surface area contributed by atoms with E-state index in [-0.39, 0.29) is 47.3 Å². The first-order valence-electron chi connectivity index (χ1n) is 12.9. The first kappa shape index (κ1) is 34.8. The van der Waals surface area contributed by atoms with Crippen molar-refractivity contribution in [2.24, 2.45) is 17.8 Å². The molecule has 0 radical (unpaired) electrons. The van der Waals surface area contributed by atoms with Crippen molar-refractivity contribution in [1.82, 2.24) is 10.6 Å². The fraction of sp³-hybridized carbons (Fsp3) is 0.852. The van der Waals surface area contributed by atoms with Gasteiger partial charge in [-0.25, -0.2) is 0 Å². The van der Waals surface area contributed by atoms with Crippen LogP contribution >= 0.6 is 11.8 Å². The standard InChI is InChI=1S/C16H31NO2S.C11H21NO2/c1-11(2)14(10-20-13(5)6)17-16(19)9-7-8-15(18)12(3)4;1-8(2)10(13)6-5-7-11(14)12-9(3)4/h11-14H,7-10H2,1-6H3,(H,17,19);8-9H,5-7H2,1-4H3,(H,12,14). The first-order chi connectivity index (χ1) is 15.7. The Morgan fingerprint density at radius 3 is 1.35 bits per heavy atom. The van der Waals surface area contributed by atoms with Crippen LogP contribution in [0.1, 0.15) is 108 Å². The lowest BCUT2D eigenvalue weighted by atomic mass is 10.0. The third-order valence-corrected chi connectivity index (χ3v) is 6.37. The monoisotopic (exact) mass is 500 g/mol. The molecule has 0 saturated heterocycles. The van der Waals surface area contributed by atoms with Crippen molar-refractivity contribution in [2.75, 3.05) is 5.75 Å². The lowest BCUT2D eigenvalue weighted by Gasteiger charge is -2.23. The third-order valence-electron chi connectivity index (χ3n) is 5.15. The van der Waals surface area contributed by atoms with Crippen molar-refractivity contribution in [1.29, 1.82) is 0 Å². The van der Waals surface area contributed by atoms with Crippen LogP contribution in [0.15, 0.2) is 0 Å². The van der Waals surface area contributed by atoms with Gasteiger partial charge in [-0.15, -0.1) is 0 Å². The van der Waals surface area contributed by atoms with E-state index >= 15 is 0 Å². The highest BCUT2D eigenvalue weighted by molar-refractivity contribution is 7.99. The highest BCUT2D eigenvalue weighted by Gasteiger charge is 2.17. The van der Waals surface area contributed by atoms with Gasteiger partial charge in [0.1, 0.15) is 11.6 Å². The summed E-state index contributed by atoms with van der Waals surface area (Å²) in [5, 5.41) is 6.48. The molecule has 200 valence electrons. The van der Waals surface area contributed by atoms with Gasteiger partial charge in [0.2, 0.25) is 11.8 Å². The van der Waals surface area contributed by atoms with Crippen molar-refractivity contribution < 1.29 is 19.2 Å². The van der Waals surface area contributed by atoms with Gasteiger partial charge in [0.15, 0.2) is 0 Å². The van der Waals surface area contributed by atoms with Gasteiger partial charge < -0.3 is 10.6 Å². The molecule has 0 aromatic carbocycles. The second-order valence-corrected chi connectivity index (χ2v) is 12.1. The minimum absolute atomic E-state index is 0.0385. The Bertz CT molecular complexity index is 601. The topological polar surface area (TPSA) is 92.3 Å². The minimum Gasteiger partial charge on any atom is -0.354 e. The molecule has 2 N–H and O–H groups in total. The van der Waals surface area contributed by atoms with Crippen molar-refractivity contribution in [2.45, 2.75) is 125 Å². The molecule has 0 rings (SSSR count). The molecule has 0 aromatic rings. The Balaban J connectivity index is 0. The molecule has 34 heavy (non-hydrogen) atoms. The SMILES string of the molecule is CC(C)NC(=O)CCCC(=O)C(C)C.CC(C)SCC(NC(=O)CCCC(=O)C(C)C)C(C)C. The third kappa shape index (κ3) is 21.2. The van der Waals surface area contributed by atoms with Gasteiger partial charge in [-0.1, -0.05) is 55.4 Å². The number of carbonyl (C=O) groups excluding carboxylic acids is 4. The summed E-state index contributed by atoms with van der Waals surface area (Å²) in [6.07, 6.45) is 3.26. The summed E-state index contributed by atoms with van der Waals surface area (Å²) in [5.74, 6) is 2.14. The zero-order chi connectivity index (χ0) is 26.8. The second kappa shape index (κ2) is 19.9. The van der Waals surface area contributed by atoms with E-state index in [2.05, 4.69) is 38.3 Å². The van der Waals surface area contributed by atoms with Crippen molar-refractivity contribution in [3.05, 3.63) is 0 Å². The molecule has 7 heteroatoms. The number of Topliss-reactive ketones (excluding diaryl/α,β-unsaturated/α-hetero) is 2. The zero-order valence-electron chi connectivity index (χ0n) is 23.5. The fourth-order valence-electron chi connectivity index (χ4n) is 2.79. The Morgan fingerprint density at radius 1 is 0.618 bits per heavy atom. The van der Waals surface area contributed by atoms with E-state index < -0.39 is 0 Å². The Kier molecular flexibility index (Phi) is 20.4. The summed E-state index contributed by atoms with van der Waals surface area (Å²) in [4.78, 5) is 45.8. The molecule has 0 aliphatic heterocycles. The van der Waals surface area contributed by atoms with Crippen LogP contribution in [-0.2, 0) is 19.2 Å². The first-order valence-corrected chi connectivity index (χ1v) is 14.0. The number of hydrogen-bond donors (Lipinski definition) is 2. The van der Waals surface area contributed by atoms with Crippen molar-refractivity contribution in [3.63, 3.8) is 0 Å². The number of rotatable bonds is 16. The van der Waals surface area contributed by atoms with Crippen LogP contribution in [0.5, 0.6) is 0 Å². The number of nitrogens with one attached hydrogen (secondary N) is 2. The fourth-order valence-corrected chi connectivity index (χ4v) is 3.85. The molecule has 0 fully saturated rings. The van der Waals surface area contributed by atoms with Crippen LogP contribution in [0.3, 0.4) is 0 Å². The summed E-state index contributed by atoms with van der Waals surface area (Å²) in [6, 6.07) is 0.402. The number of hydrogen-bond acceptors (Lipinski definition) is 5. The summed E-state index contributed by atoms with van der Waals surface area (Å²) >= 11 is 1.87. The highest BCUT2D eigenvalue weighted by atomic mass is 32.2. The summed E-state index contributed by atoms with van der Waals surface area (Å²) in [7, 11) is 0. The largest absolute Gasteiger partial charge is 0.354 e. The number of amides is 2. The molecule has 1 atom stereocenters. The smallest absolute Gasteiger partial charge is 0.220 e. The number of thioether (sulfide) groups is 1. The van der Waals surface area contributed by atoms with E-state index in [1.54, 1.807) is 0 Å². The number of carbonyl (C=O) groups is 4. The average Bonchev–Trinajstić information content (AvgIpc) is 2.70. The van der Waals surface area contributed by atoms with E-state index in [0.29, 0.717) is 49.7 Å². The molecule has 0 heterocycles. The molecule has 0 aromatic heterocycles. The normalized spacial score (nSPS) is 12.1. The van der Waals surface area contributed by atoms with Gasteiger partial charge in [-0.3, -0.25) is 19.2 Å². The van der Waals surface area contributed by atoms with E-state index in [0.717, 1.165) is 5.75 Å². The van der Waals surface area contributed by atoms with Crippen LogP contribution in [-0.4, -0.2) is 46.5 Å². The van der Waals surface area contributed by atoms with Crippen LogP contribution in [0.2, 0.25) is 0 Å². The van der Waals surface area contributed by atoms with Gasteiger partial charge >= 0.3 is 0 Å². The summed E-state index contributed by atoms with van der Waals surface area (Å²) < 4.78 is 0. The molecule has 0 bridgehead atoms. The quantitative estimate of drug-likeness (QED) is 0.289. The second-order valence-electron chi connectivity index (χ2n) is 10.5. The maximum Gasteiger partial charge on any atom is 0.220 e. The maximum atomic E-state index is 11.9. The van der Waals surface area contributed by atoms with Gasteiger partial charge in [-0.05, 0) is 37.9 Å². The van der Waals surface area contributed by atoms with Gasteiger partial charge in [0.05, 0.1) is 0 Å². The van der Waals surface area contributed by atoms with E-state index in [4.69, 9.17) is 0 Å². The van der Waals surface area contributed by atoms with Gasteiger partial charge in [-0.2, -0.15) is 11.8 Å². The van der Waals surface area contributed by atoms with Crippen LogP contribution in [0, 0.1) is 17.8 Å². The molecular formula is C27H52N2O4S. The molecule has 0 aliphatic rings. The predicted molar refractivity (Wildman–Crippen MR) is 145 cm³/mol. The minimum atomic E-state index is 0.0385. The van der Waals surface area contributed by atoms with E-state index in [9.17, 15) is 19.2 Å². The Labute approximate surface area is 213 Å². The maximum absolute atomic E-state index is 11.9. The van der Waals surface area contributed by atoms with Gasteiger partial charge in [0.25, 0.3) is 0 Å². The Hall–Kier alpha value is -1.37. The van der Waals surface area contributed by atoms with E-state index in [1.807, 2.05) is 53.3 Å². The van der Waals surface area contributed by atoms with Crippen LogP contribution < -0.4 is 10.6 Å². The lowest BCUT2D eigenvalue weighted by molar-refractivity contribution is -0.124. The molecule has 0 spiro atoms. The summed E-state index contributed by atoms with van der Waals surface area (Å²) in [5.41, 5.74) is 0. The molecule has 6 nitrogen and oxygen atoms in total. The Morgan fingerprint density at radius 2 is 1.03 bits per heavy atom.